The van der Waals surface area contributed by atoms with Gasteiger partial charge in [0.2, 0.25) is 0 Å². The fourth-order valence-corrected chi connectivity index (χ4v) is 2.57. The van der Waals surface area contributed by atoms with E-state index in [2.05, 4.69) is 11.4 Å². The van der Waals surface area contributed by atoms with Crippen LogP contribution in [0.1, 0.15) is 28.9 Å². The Labute approximate surface area is 139 Å². The average Bonchev–Trinajstić information content (AvgIpc) is 2.61. The van der Waals surface area contributed by atoms with Gasteiger partial charge in [-0.15, -0.1) is 0 Å². The highest BCUT2D eigenvalue weighted by molar-refractivity contribution is 5.94. The summed E-state index contributed by atoms with van der Waals surface area (Å²) in [7, 11) is 0. The van der Waals surface area contributed by atoms with Crippen LogP contribution in [0.3, 0.4) is 0 Å². The smallest absolute Gasteiger partial charge is 0.269 e. The molecule has 1 atom stereocenters. The third kappa shape index (κ3) is 3.25. The Kier molecular flexibility index (Phi) is 4.24. The Hall–Kier alpha value is -3.21. The molecule has 3 aromatic rings. The Bertz CT molecular complexity index is 904. The number of amides is 1. The van der Waals surface area contributed by atoms with E-state index in [1.54, 1.807) is 0 Å². The van der Waals surface area contributed by atoms with Gasteiger partial charge in [0, 0.05) is 17.7 Å². The molecule has 120 valence electrons. The van der Waals surface area contributed by atoms with E-state index in [1.807, 2.05) is 43.3 Å². The van der Waals surface area contributed by atoms with Crippen LogP contribution in [-0.4, -0.2) is 10.8 Å². The van der Waals surface area contributed by atoms with E-state index < -0.39 is 4.92 Å². The van der Waals surface area contributed by atoms with Gasteiger partial charge in [-0.05, 0) is 41.5 Å². The lowest BCUT2D eigenvalue weighted by Gasteiger charge is -2.15. The molecule has 0 radical (unpaired) electrons. The lowest BCUT2D eigenvalue weighted by atomic mass is 10.0. The quantitative estimate of drug-likeness (QED) is 0.577. The van der Waals surface area contributed by atoms with E-state index >= 15 is 0 Å². The number of nitro groups is 1. The van der Waals surface area contributed by atoms with Crippen LogP contribution < -0.4 is 5.32 Å². The molecule has 0 unspecified atom stereocenters. The van der Waals surface area contributed by atoms with Gasteiger partial charge in [0.15, 0.2) is 0 Å². The highest BCUT2D eigenvalue weighted by Gasteiger charge is 2.13. The average molecular weight is 320 g/mol. The number of benzene rings is 3. The van der Waals surface area contributed by atoms with E-state index in [-0.39, 0.29) is 17.6 Å². The van der Waals surface area contributed by atoms with E-state index in [4.69, 9.17) is 0 Å². The molecule has 0 aliphatic heterocycles. The van der Waals surface area contributed by atoms with Crippen LogP contribution >= 0.6 is 0 Å². The molecule has 0 aliphatic carbocycles. The SMILES string of the molecule is C[C@@H](NC(=O)c1ccc([N+](=O)[O-])cc1)c1ccc2ccccc2c1. The van der Waals surface area contributed by atoms with Crippen molar-refractivity contribution in [2.75, 3.05) is 0 Å². The van der Waals surface area contributed by atoms with Gasteiger partial charge in [-0.1, -0.05) is 36.4 Å². The van der Waals surface area contributed by atoms with Crippen molar-refractivity contribution in [1.29, 1.82) is 0 Å². The van der Waals surface area contributed by atoms with Gasteiger partial charge >= 0.3 is 0 Å². The molecule has 3 rings (SSSR count). The maximum Gasteiger partial charge on any atom is 0.269 e. The van der Waals surface area contributed by atoms with Crippen LogP contribution in [0.2, 0.25) is 0 Å². The molecule has 0 saturated carbocycles. The van der Waals surface area contributed by atoms with Gasteiger partial charge < -0.3 is 5.32 Å². The molecule has 0 aromatic heterocycles. The largest absolute Gasteiger partial charge is 0.346 e. The number of nitrogens with zero attached hydrogens (tertiary/aromatic N) is 1. The zero-order valence-corrected chi connectivity index (χ0v) is 13.1. The van der Waals surface area contributed by atoms with Crippen molar-refractivity contribution < 1.29 is 9.72 Å². The number of fused-ring (bicyclic) bond motifs is 1. The van der Waals surface area contributed by atoms with Gasteiger partial charge in [0.1, 0.15) is 0 Å². The van der Waals surface area contributed by atoms with Crippen LogP contribution in [0.4, 0.5) is 5.69 Å². The molecule has 5 heteroatoms. The summed E-state index contributed by atoms with van der Waals surface area (Å²) in [5.41, 5.74) is 1.37. The number of carbonyl (C=O) groups excluding carboxylic acids is 1. The molecule has 3 aromatic carbocycles. The second-order valence-corrected chi connectivity index (χ2v) is 5.61. The molecule has 5 nitrogen and oxygen atoms in total. The minimum atomic E-state index is -0.487. The summed E-state index contributed by atoms with van der Waals surface area (Å²) in [5.74, 6) is -0.259. The minimum Gasteiger partial charge on any atom is -0.346 e. The first kappa shape index (κ1) is 15.7. The fourth-order valence-electron chi connectivity index (χ4n) is 2.57. The van der Waals surface area contributed by atoms with E-state index in [0.29, 0.717) is 5.56 Å². The van der Waals surface area contributed by atoms with Crippen molar-refractivity contribution in [3.63, 3.8) is 0 Å². The summed E-state index contributed by atoms with van der Waals surface area (Å²) in [6, 6.07) is 19.5. The number of rotatable bonds is 4. The van der Waals surface area contributed by atoms with Crippen LogP contribution in [0, 0.1) is 10.1 Å². The molecule has 1 N–H and O–H groups in total. The lowest BCUT2D eigenvalue weighted by molar-refractivity contribution is -0.384. The first-order valence-electron chi connectivity index (χ1n) is 7.58. The molecule has 0 bridgehead atoms. The number of hydrogen-bond acceptors (Lipinski definition) is 3. The summed E-state index contributed by atoms with van der Waals surface area (Å²) in [4.78, 5) is 22.5. The van der Waals surface area contributed by atoms with Crippen molar-refractivity contribution in [2.24, 2.45) is 0 Å². The van der Waals surface area contributed by atoms with Crippen LogP contribution in [0.25, 0.3) is 10.8 Å². The number of non-ortho nitro benzene ring substituents is 1. The van der Waals surface area contributed by atoms with Crippen molar-refractivity contribution in [1.82, 2.24) is 5.32 Å². The monoisotopic (exact) mass is 320 g/mol. The van der Waals surface area contributed by atoms with Crippen LogP contribution in [0.5, 0.6) is 0 Å². The van der Waals surface area contributed by atoms with Gasteiger partial charge in [0.25, 0.3) is 11.6 Å². The number of nitrogens with one attached hydrogen (secondary N) is 1. The van der Waals surface area contributed by atoms with Crippen molar-refractivity contribution in [3.05, 3.63) is 88.0 Å². The first-order chi connectivity index (χ1) is 11.5. The van der Waals surface area contributed by atoms with E-state index in [1.165, 1.54) is 24.3 Å². The zero-order valence-electron chi connectivity index (χ0n) is 13.1. The predicted molar refractivity (Wildman–Crippen MR) is 92.9 cm³/mol. The van der Waals surface area contributed by atoms with Crippen LogP contribution in [0.15, 0.2) is 66.7 Å². The summed E-state index contributed by atoms with van der Waals surface area (Å²) < 4.78 is 0. The highest BCUT2D eigenvalue weighted by atomic mass is 16.6. The molecule has 0 aliphatic rings. The van der Waals surface area contributed by atoms with Gasteiger partial charge in [0.05, 0.1) is 11.0 Å². The van der Waals surface area contributed by atoms with Gasteiger partial charge in [-0.2, -0.15) is 0 Å². The highest BCUT2D eigenvalue weighted by Crippen LogP contribution is 2.21. The molecular weight excluding hydrogens is 304 g/mol. The maximum atomic E-state index is 12.3. The lowest BCUT2D eigenvalue weighted by Crippen LogP contribution is -2.26. The van der Waals surface area contributed by atoms with Gasteiger partial charge in [-0.3, -0.25) is 14.9 Å². The standard InChI is InChI=1S/C19H16N2O3/c1-13(16-7-6-14-4-2-3-5-17(14)12-16)20-19(22)15-8-10-18(11-9-15)21(23)24/h2-13H,1H3,(H,20,22)/t13-/m1/s1. The molecular formula is C19H16N2O3. The molecule has 0 heterocycles. The Morgan fingerprint density at radius 2 is 1.67 bits per heavy atom. The van der Waals surface area contributed by atoms with Gasteiger partial charge in [-0.25, -0.2) is 0 Å². The topological polar surface area (TPSA) is 72.2 Å². The molecule has 0 saturated heterocycles. The summed E-state index contributed by atoms with van der Waals surface area (Å²) in [6.07, 6.45) is 0. The molecule has 24 heavy (non-hydrogen) atoms. The number of carbonyl (C=O) groups is 1. The third-order valence-corrected chi connectivity index (χ3v) is 3.96. The Morgan fingerprint density at radius 1 is 1.00 bits per heavy atom. The Balaban J connectivity index is 1.76. The Morgan fingerprint density at radius 3 is 2.33 bits per heavy atom. The third-order valence-electron chi connectivity index (χ3n) is 3.96. The summed E-state index contributed by atoms with van der Waals surface area (Å²) >= 11 is 0. The van der Waals surface area contributed by atoms with Crippen molar-refractivity contribution in [3.8, 4) is 0 Å². The second kappa shape index (κ2) is 6.50. The summed E-state index contributed by atoms with van der Waals surface area (Å²) in [5, 5.41) is 15.8. The molecule has 1 amide bonds. The van der Waals surface area contributed by atoms with Crippen molar-refractivity contribution >= 4 is 22.4 Å². The molecule has 0 fully saturated rings. The normalized spacial score (nSPS) is 11.9. The second-order valence-electron chi connectivity index (χ2n) is 5.61. The van der Waals surface area contributed by atoms with Crippen molar-refractivity contribution in [2.45, 2.75) is 13.0 Å². The fraction of sp³-hybridized carbons (Fsp3) is 0.105. The van der Waals surface area contributed by atoms with E-state index in [9.17, 15) is 14.9 Å². The number of hydrogen-bond donors (Lipinski definition) is 1. The zero-order chi connectivity index (χ0) is 17.1. The molecule has 0 spiro atoms. The van der Waals surface area contributed by atoms with Crippen LogP contribution in [-0.2, 0) is 0 Å². The van der Waals surface area contributed by atoms with E-state index in [0.717, 1.165) is 16.3 Å². The maximum absolute atomic E-state index is 12.3. The first-order valence-corrected chi connectivity index (χ1v) is 7.58. The minimum absolute atomic E-state index is 0.0332. The predicted octanol–water partition coefficient (Wildman–Crippen LogP) is 4.24. The summed E-state index contributed by atoms with van der Waals surface area (Å²) in [6.45, 7) is 1.91. The number of nitro benzene ring substituents is 1.